The van der Waals surface area contributed by atoms with Gasteiger partial charge in [-0.05, 0) is 43.7 Å². The highest BCUT2D eigenvalue weighted by molar-refractivity contribution is 5.98. The van der Waals surface area contributed by atoms with Gasteiger partial charge in [-0.3, -0.25) is 9.59 Å². The van der Waals surface area contributed by atoms with Crippen LogP contribution >= 0.6 is 0 Å². The van der Waals surface area contributed by atoms with E-state index in [1.54, 1.807) is 12.0 Å². The zero-order chi connectivity index (χ0) is 20.1. The van der Waals surface area contributed by atoms with Crippen LogP contribution in [-0.4, -0.2) is 43.5 Å². The Labute approximate surface area is 165 Å². The fraction of sp³-hybridized carbons (Fsp3) is 0.364. The first kappa shape index (κ1) is 19.7. The summed E-state index contributed by atoms with van der Waals surface area (Å²) in [5.74, 6) is 1.32. The molecule has 2 aromatic rings. The lowest BCUT2D eigenvalue weighted by molar-refractivity contribution is -0.133. The average Bonchev–Trinajstić information content (AvgIpc) is 2.73. The molecule has 0 spiro atoms. The summed E-state index contributed by atoms with van der Waals surface area (Å²) in [6.07, 6.45) is 0.252. The van der Waals surface area contributed by atoms with Crippen molar-refractivity contribution in [1.29, 1.82) is 0 Å². The lowest BCUT2D eigenvalue weighted by Gasteiger charge is -2.32. The number of rotatable bonds is 7. The molecule has 1 aliphatic rings. The van der Waals surface area contributed by atoms with E-state index < -0.39 is 0 Å². The van der Waals surface area contributed by atoms with Crippen LogP contribution in [0.3, 0.4) is 0 Å². The van der Waals surface area contributed by atoms with Gasteiger partial charge in [-0.15, -0.1) is 0 Å². The highest BCUT2D eigenvalue weighted by Crippen LogP contribution is 2.32. The van der Waals surface area contributed by atoms with Gasteiger partial charge in [-0.1, -0.05) is 24.3 Å². The van der Waals surface area contributed by atoms with Crippen molar-refractivity contribution >= 4 is 17.5 Å². The van der Waals surface area contributed by atoms with Crippen LogP contribution in [0.2, 0.25) is 0 Å². The fourth-order valence-electron chi connectivity index (χ4n) is 3.50. The summed E-state index contributed by atoms with van der Waals surface area (Å²) in [5, 5.41) is 0. The average molecular weight is 382 g/mol. The number of benzene rings is 2. The number of fused-ring (bicyclic) bond motifs is 1. The highest BCUT2D eigenvalue weighted by atomic mass is 16.5. The van der Waals surface area contributed by atoms with E-state index in [-0.39, 0.29) is 30.9 Å². The molecule has 0 aliphatic carbocycles. The molecular formula is C22H26N2O4. The number of hydrogen-bond donors (Lipinski definition) is 0. The Morgan fingerprint density at radius 3 is 2.79 bits per heavy atom. The minimum atomic E-state index is -0.129. The third kappa shape index (κ3) is 4.11. The molecule has 1 heterocycles. The molecule has 3 rings (SSSR count). The third-order valence-electron chi connectivity index (χ3n) is 5.06. The Balaban J connectivity index is 1.70. The zero-order valence-corrected chi connectivity index (χ0v) is 16.6. The molecule has 1 aliphatic heterocycles. The molecule has 0 radical (unpaired) electrons. The van der Waals surface area contributed by atoms with Gasteiger partial charge in [0.05, 0.1) is 18.8 Å². The Morgan fingerprint density at radius 1 is 1.25 bits per heavy atom. The number of carbonyl (C=O) groups is 2. The molecule has 0 fully saturated rings. The van der Waals surface area contributed by atoms with Crippen molar-refractivity contribution in [3.05, 3.63) is 54.1 Å². The molecule has 6 nitrogen and oxygen atoms in total. The first-order valence-corrected chi connectivity index (χ1v) is 9.50. The molecular weight excluding hydrogens is 356 g/mol. The zero-order valence-electron chi connectivity index (χ0n) is 16.6. The summed E-state index contributed by atoms with van der Waals surface area (Å²) in [7, 11) is 1.63. The maximum Gasteiger partial charge on any atom is 0.265 e. The van der Waals surface area contributed by atoms with Crippen LogP contribution in [0.4, 0.5) is 5.69 Å². The van der Waals surface area contributed by atoms with E-state index in [0.29, 0.717) is 18.8 Å². The first-order valence-electron chi connectivity index (χ1n) is 9.50. The summed E-state index contributed by atoms with van der Waals surface area (Å²) in [5.41, 5.74) is 1.73. The molecule has 0 bridgehead atoms. The quantitative estimate of drug-likeness (QED) is 0.736. The van der Waals surface area contributed by atoms with Crippen molar-refractivity contribution in [3.63, 3.8) is 0 Å². The summed E-state index contributed by atoms with van der Waals surface area (Å²) < 4.78 is 10.8. The summed E-state index contributed by atoms with van der Waals surface area (Å²) >= 11 is 0. The van der Waals surface area contributed by atoms with Gasteiger partial charge in [-0.2, -0.15) is 0 Å². The Hall–Kier alpha value is -3.02. The molecule has 6 heteroatoms. The molecule has 2 amide bonds. The number of ether oxygens (including phenoxy) is 2. The normalized spacial score (nSPS) is 14.1. The van der Waals surface area contributed by atoms with Crippen LogP contribution in [0.1, 0.15) is 31.9 Å². The standard InChI is InChI=1S/C22H26N2O4/c1-4-23(16(2)17-8-7-9-18(14-17)27-3)21(25)12-13-24-19-10-5-6-11-20(19)28-15-22(24)26/h5-11,14,16H,4,12-13,15H2,1-3H3. The number of para-hydroxylation sites is 2. The van der Waals surface area contributed by atoms with Crippen LogP contribution < -0.4 is 14.4 Å². The van der Waals surface area contributed by atoms with Crippen molar-refractivity contribution in [2.75, 3.05) is 31.7 Å². The van der Waals surface area contributed by atoms with E-state index in [4.69, 9.17) is 9.47 Å². The van der Waals surface area contributed by atoms with E-state index in [1.807, 2.05) is 67.3 Å². The number of anilines is 1. The number of nitrogens with zero attached hydrogens (tertiary/aromatic N) is 2. The first-order chi connectivity index (χ1) is 13.5. The molecule has 0 saturated carbocycles. The largest absolute Gasteiger partial charge is 0.497 e. The van der Waals surface area contributed by atoms with Crippen molar-refractivity contribution in [3.8, 4) is 11.5 Å². The SMILES string of the molecule is CCN(C(=O)CCN1C(=O)COc2ccccc21)C(C)c1cccc(OC)c1. The second kappa shape index (κ2) is 8.78. The minimum Gasteiger partial charge on any atom is -0.497 e. The van der Waals surface area contributed by atoms with Crippen molar-refractivity contribution in [1.82, 2.24) is 4.90 Å². The molecule has 2 aromatic carbocycles. The van der Waals surface area contributed by atoms with Gasteiger partial charge in [0.25, 0.3) is 5.91 Å². The highest BCUT2D eigenvalue weighted by Gasteiger charge is 2.27. The van der Waals surface area contributed by atoms with Gasteiger partial charge < -0.3 is 19.3 Å². The van der Waals surface area contributed by atoms with Crippen molar-refractivity contribution in [2.45, 2.75) is 26.3 Å². The second-order valence-corrected chi connectivity index (χ2v) is 6.68. The summed E-state index contributed by atoms with van der Waals surface area (Å²) in [6.45, 7) is 4.89. The number of methoxy groups -OCH3 is 1. The van der Waals surface area contributed by atoms with Crippen LogP contribution in [0.25, 0.3) is 0 Å². The fourth-order valence-corrected chi connectivity index (χ4v) is 3.50. The Morgan fingerprint density at radius 2 is 2.04 bits per heavy atom. The Kier molecular flexibility index (Phi) is 6.19. The van der Waals surface area contributed by atoms with Gasteiger partial charge in [0, 0.05) is 19.5 Å². The number of carbonyl (C=O) groups excluding carboxylic acids is 2. The van der Waals surface area contributed by atoms with Gasteiger partial charge in [0.15, 0.2) is 6.61 Å². The van der Waals surface area contributed by atoms with Crippen molar-refractivity contribution < 1.29 is 19.1 Å². The predicted octanol–water partition coefficient (Wildman–Crippen LogP) is 3.42. The van der Waals surface area contributed by atoms with Crippen LogP contribution in [0.5, 0.6) is 11.5 Å². The lowest BCUT2D eigenvalue weighted by Crippen LogP contribution is -2.42. The number of amides is 2. The molecule has 148 valence electrons. The van der Waals surface area contributed by atoms with E-state index in [2.05, 4.69) is 0 Å². The van der Waals surface area contributed by atoms with Crippen molar-refractivity contribution in [2.24, 2.45) is 0 Å². The molecule has 0 aromatic heterocycles. The third-order valence-corrected chi connectivity index (χ3v) is 5.06. The van der Waals surface area contributed by atoms with Crippen LogP contribution in [0, 0.1) is 0 Å². The monoisotopic (exact) mass is 382 g/mol. The molecule has 0 N–H and O–H groups in total. The van der Waals surface area contributed by atoms with Gasteiger partial charge >= 0.3 is 0 Å². The predicted molar refractivity (Wildman–Crippen MR) is 108 cm³/mol. The smallest absolute Gasteiger partial charge is 0.265 e. The maximum absolute atomic E-state index is 12.9. The topological polar surface area (TPSA) is 59.1 Å². The summed E-state index contributed by atoms with van der Waals surface area (Å²) in [4.78, 5) is 28.7. The van der Waals surface area contributed by atoms with Gasteiger partial charge in [-0.25, -0.2) is 0 Å². The number of hydrogen-bond acceptors (Lipinski definition) is 4. The van der Waals surface area contributed by atoms with E-state index in [9.17, 15) is 9.59 Å². The van der Waals surface area contributed by atoms with E-state index >= 15 is 0 Å². The van der Waals surface area contributed by atoms with E-state index in [1.165, 1.54) is 0 Å². The van der Waals surface area contributed by atoms with Crippen LogP contribution in [-0.2, 0) is 9.59 Å². The van der Waals surface area contributed by atoms with Gasteiger partial charge in [0.1, 0.15) is 11.5 Å². The Bertz CT molecular complexity index is 852. The molecule has 1 unspecified atom stereocenters. The van der Waals surface area contributed by atoms with Gasteiger partial charge in [0.2, 0.25) is 5.91 Å². The lowest BCUT2D eigenvalue weighted by atomic mass is 10.1. The second-order valence-electron chi connectivity index (χ2n) is 6.68. The molecule has 1 atom stereocenters. The van der Waals surface area contributed by atoms with Crippen LogP contribution in [0.15, 0.2) is 48.5 Å². The summed E-state index contributed by atoms with van der Waals surface area (Å²) in [6, 6.07) is 15.1. The maximum atomic E-state index is 12.9. The minimum absolute atomic E-state index is 0.00289. The van der Waals surface area contributed by atoms with E-state index in [0.717, 1.165) is 17.0 Å². The molecule has 0 saturated heterocycles. The molecule has 28 heavy (non-hydrogen) atoms.